The summed E-state index contributed by atoms with van der Waals surface area (Å²) in [4.78, 5) is 26.6. The first-order valence-corrected chi connectivity index (χ1v) is 6.85. The van der Waals surface area contributed by atoms with Crippen LogP contribution in [0.5, 0.6) is 0 Å². The number of carbonyl (C=O) groups is 2. The molecule has 0 aromatic heterocycles. The molecule has 0 radical (unpaired) electrons. The molecule has 19 heavy (non-hydrogen) atoms. The largest absolute Gasteiger partial charge is 0.481 e. The predicted molar refractivity (Wildman–Crippen MR) is 70.9 cm³/mol. The maximum atomic E-state index is 11.8. The van der Waals surface area contributed by atoms with Crippen LogP contribution in [0, 0.1) is 5.92 Å². The zero-order valence-electron chi connectivity index (χ0n) is 11.8. The Morgan fingerprint density at radius 1 is 1.37 bits per heavy atom. The van der Waals surface area contributed by atoms with Gasteiger partial charge in [-0.15, -0.1) is 0 Å². The second-order valence-electron chi connectivity index (χ2n) is 4.89. The fourth-order valence-corrected chi connectivity index (χ4v) is 2.04. The molecule has 6 nitrogen and oxygen atoms in total. The van der Waals surface area contributed by atoms with E-state index in [4.69, 9.17) is 9.84 Å². The predicted octanol–water partition coefficient (Wildman–Crippen LogP) is 0.278. The van der Waals surface area contributed by atoms with Gasteiger partial charge < -0.3 is 14.7 Å². The van der Waals surface area contributed by atoms with Crippen LogP contribution in [0.4, 0.5) is 0 Å². The second kappa shape index (κ2) is 8.12. The van der Waals surface area contributed by atoms with Gasteiger partial charge in [-0.3, -0.25) is 14.5 Å². The van der Waals surface area contributed by atoms with Crippen molar-refractivity contribution in [1.82, 2.24) is 9.80 Å². The van der Waals surface area contributed by atoms with E-state index in [2.05, 4.69) is 4.90 Å². The number of carboxylic acid groups (broad SMARTS) is 1. The summed E-state index contributed by atoms with van der Waals surface area (Å²) in [6.45, 7) is 8.30. The van der Waals surface area contributed by atoms with Crippen LogP contribution in [0.25, 0.3) is 0 Å². The number of hydrogen-bond donors (Lipinski definition) is 1. The van der Waals surface area contributed by atoms with Crippen molar-refractivity contribution < 1.29 is 19.4 Å². The van der Waals surface area contributed by atoms with Crippen LogP contribution in [0.1, 0.15) is 20.3 Å². The molecule has 1 heterocycles. The molecule has 110 valence electrons. The van der Waals surface area contributed by atoms with Crippen molar-refractivity contribution in [1.29, 1.82) is 0 Å². The van der Waals surface area contributed by atoms with Gasteiger partial charge in [0.05, 0.1) is 19.1 Å². The molecule has 0 bridgehead atoms. The van der Waals surface area contributed by atoms with Crippen LogP contribution >= 0.6 is 0 Å². The van der Waals surface area contributed by atoms with Crippen LogP contribution in [-0.4, -0.2) is 72.7 Å². The highest BCUT2D eigenvalue weighted by Crippen LogP contribution is 2.04. The topological polar surface area (TPSA) is 70.1 Å². The molecular formula is C13H24N2O4. The summed E-state index contributed by atoms with van der Waals surface area (Å²) >= 11 is 0. The third kappa shape index (κ3) is 5.57. The Morgan fingerprint density at radius 3 is 2.53 bits per heavy atom. The van der Waals surface area contributed by atoms with E-state index in [1.54, 1.807) is 18.7 Å². The monoisotopic (exact) mass is 272 g/mol. The Labute approximate surface area is 114 Å². The first-order valence-electron chi connectivity index (χ1n) is 6.85. The Kier molecular flexibility index (Phi) is 6.80. The number of aliphatic carboxylic acids is 1. The molecule has 1 fully saturated rings. The van der Waals surface area contributed by atoms with Gasteiger partial charge in [-0.2, -0.15) is 0 Å². The van der Waals surface area contributed by atoms with Gasteiger partial charge >= 0.3 is 5.97 Å². The molecule has 1 atom stereocenters. The summed E-state index contributed by atoms with van der Waals surface area (Å²) in [7, 11) is 0. The summed E-state index contributed by atoms with van der Waals surface area (Å²) < 4.78 is 5.27. The third-order valence-corrected chi connectivity index (χ3v) is 3.36. The van der Waals surface area contributed by atoms with Crippen molar-refractivity contribution in [3.63, 3.8) is 0 Å². The molecule has 1 N–H and O–H groups in total. The first-order chi connectivity index (χ1) is 9.04. The van der Waals surface area contributed by atoms with E-state index in [1.807, 2.05) is 0 Å². The molecule has 0 aromatic rings. The number of carboxylic acids is 1. The van der Waals surface area contributed by atoms with Crippen molar-refractivity contribution in [3.8, 4) is 0 Å². The Morgan fingerprint density at radius 2 is 2.00 bits per heavy atom. The number of amides is 1. The van der Waals surface area contributed by atoms with Gasteiger partial charge in [0.15, 0.2) is 0 Å². The van der Waals surface area contributed by atoms with Crippen LogP contribution in [-0.2, 0) is 14.3 Å². The molecule has 0 aliphatic carbocycles. The highest BCUT2D eigenvalue weighted by atomic mass is 16.5. The summed E-state index contributed by atoms with van der Waals surface area (Å²) in [6.07, 6.45) is 0.412. The normalized spacial score (nSPS) is 18.0. The number of morpholine rings is 1. The zero-order valence-corrected chi connectivity index (χ0v) is 11.8. The maximum Gasteiger partial charge on any atom is 0.308 e. The second-order valence-corrected chi connectivity index (χ2v) is 4.89. The smallest absolute Gasteiger partial charge is 0.308 e. The van der Waals surface area contributed by atoms with Gasteiger partial charge in [-0.05, 0) is 0 Å². The molecule has 1 rings (SSSR count). The lowest BCUT2D eigenvalue weighted by Gasteiger charge is -2.30. The minimum absolute atomic E-state index is 0.0151. The van der Waals surface area contributed by atoms with Crippen LogP contribution < -0.4 is 0 Å². The number of nitrogens with zero attached hydrogens (tertiary/aromatic N) is 2. The van der Waals surface area contributed by atoms with Crippen LogP contribution in [0.15, 0.2) is 0 Å². The third-order valence-electron chi connectivity index (χ3n) is 3.36. The Hall–Kier alpha value is -1.14. The summed E-state index contributed by atoms with van der Waals surface area (Å²) in [5.41, 5.74) is 0. The van der Waals surface area contributed by atoms with E-state index in [0.29, 0.717) is 13.0 Å². The molecule has 1 unspecified atom stereocenters. The van der Waals surface area contributed by atoms with Crippen molar-refractivity contribution >= 4 is 11.9 Å². The average molecular weight is 272 g/mol. The number of carbonyl (C=O) groups excluding carboxylic acids is 1. The standard InChI is InChI=1S/C13H24N2O4/c1-3-12(16)15(10-11(2)13(17)18)5-4-14-6-8-19-9-7-14/h11H,3-10H2,1-2H3,(H,17,18). The molecule has 0 saturated carbocycles. The SMILES string of the molecule is CCC(=O)N(CCN1CCOCC1)CC(C)C(=O)O. The van der Waals surface area contributed by atoms with Crippen LogP contribution in [0.2, 0.25) is 0 Å². The first kappa shape index (κ1) is 15.9. The lowest BCUT2D eigenvalue weighted by molar-refractivity contribution is -0.143. The van der Waals surface area contributed by atoms with E-state index in [-0.39, 0.29) is 12.5 Å². The fourth-order valence-electron chi connectivity index (χ4n) is 2.04. The quantitative estimate of drug-likeness (QED) is 0.721. The summed E-state index contributed by atoms with van der Waals surface area (Å²) in [5, 5.41) is 8.94. The molecule has 1 saturated heterocycles. The molecule has 1 aliphatic rings. The van der Waals surface area contributed by atoms with E-state index in [9.17, 15) is 9.59 Å². The highest BCUT2D eigenvalue weighted by Gasteiger charge is 2.20. The minimum Gasteiger partial charge on any atom is -0.481 e. The van der Waals surface area contributed by atoms with E-state index in [0.717, 1.165) is 32.8 Å². The number of rotatable bonds is 7. The zero-order chi connectivity index (χ0) is 14.3. The van der Waals surface area contributed by atoms with Crippen LogP contribution in [0.3, 0.4) is 0 Å². The lowest BCUT2D eigenvalue weighted by Crippen LogP contribution is -2.44. The number of ether oxygens (including phenoxy) is 1. The van der Waals surface area contributed by atoms with E-state index in [1.165, 1.54) is 0 Å². The van der Waals surface area contributed by atoms with Gasteiger partial charge in [0.1, 0.15) is 0 Å². The highest BCUT2D eigenvalue weighted by molar-refractivity contribution is 5.77. The molecule has 6 heteroatoms. The fraction of sp³-hybridized carbons (Fsp3) is 0.846. The van der Waals surface area contributed by atoms with Crippen molar-refractivity contribution in [2.75, 3.05) is 45.9 Å². The van der Waals surface area contributed by atoms with Gasteiger partial charge in [-0.25, -0.2) is 0 Å². The Bertz CT molecular complexity index is 303. The lowest BCUT2D eigenvalue weighted by atomic mass is 10.1. The number of hydrogen-bond acceptors (Lipinski definition) is 4. The Balaban J connectivity index is 2.44. The van der Waals surface area contributed by atoms with Crippen molar-refractivity contribution in [2.45, 2.75) is 20.3 Å². The summed E-state index contributed by atoms with van der Waals surface area (Å²) in [6, 6.07) is 0. The molecule has 0 spiro atoms. The molecule has 1 amide bonds. The van der Waals surface area contributed by atoms with Gasteiger partial charge in [-0.1, -0.05) is 13.8 Å². The van der Waals surface area contributed by atoms with Gasteiger partial charge in [0, 0.05) is 39.1 Å². The summed E-state index contributed by atoms with van der Waals surface area (Å²) in [5.74, 6) is -1.37. The van der Waals surface area contributed by atoms with Crippen molar-refractivity contribution in [2.24, 2.45) is 5.92 Å². The average Bonchev–Trinajstić information content (AvgIpc) is 2.43. The van der Waals surface area contributed by atoms with E-state index < -0.39 is 11.9 Å². The molecular weight excluding hydrogens is 248 g/mol. The molecule has 1 aliphatic heterocycles. The van der Waals surface area contributed by atoms with E-state index >= 15 is 0 Å². The van der Waals surface area contributed by atoms with Crippen molar-refractivity contribution in [3.05, 3.63) is 0 Å². The maximum absolute atomic E-state index is 11.8. The molecule has 0 aromatic carbocycles. The van der Waals surface area contributed by atoms with Gasteiger partial charge in [0.25, 0.3) is 0 Å². The van der Waals surface area contributed by atoms with Gasteiger partial charge in [0.2, 0.25) is 5.91 Å². The minimum atomic E-state index is -0.861.